The Morgan fingerprint density at radius 2 is 1.62 bits per heavy atom. The molecule has 0 heterocycles. The molecule has 0 rings (SSSR count). The van der Waals surface area contributed by atoms with E-state index in [9.17, 15) is 4.57 Å². The molecule has 0 aliphatic heterocycles. The first kappa shape index (κ1) is 12.6. The van der Waals surface area contributed by atoms with Gasteiger partial charge in [-0.2, -0.15) is 0 Å². The van der Waals surface area contributed by atoms with Crippen LogP contribution < -0.4 is 0 Å². The minimum atomic E-state index is -3.26. The molecule has 0 aliphatic carbocycles. The quantitative estimate of drug-likeness (QED) is 0.554. The van der Waals surface area contributed by atoms with Gasteiger partial charge in [-0.25, -0.2) is 0 Å². The lowest BCUT2D eigenvalue weighted by Gasteiger charge is -2.18. The Morgan fingerprint density at radius 3 is 1.85 bits per heavy atom. The molecule has 13 heavy (non-hydrogen) atoms. The SMILES string of the molecule is CC(C)OP(=O)(C=C=N)OC(C)C. The van der Waals surface area contributed by atoms with Crippen LogP contribution in [0.3, 0.4) is 0 Å². The molecular weight excluding hydrogens is 189 g/mol. The van der Waals surface area contributed by atoms with Crippen molar-refractivity contribution >= 4 is 13.5 Å². The van der Waals surface area contributed by atoms with Crippen molar-refractivity contribution in [3.63, 3.8) is 0 Å². The van der Waals surface area contributed by atoms with Gasteiger partial charge in [0.15, 0.2) is 0 Å². The summed E-state index contributed by atoms with van der Waals surface area (Å²) in [4.78, 5) is 0. The van der Waals surface area contributed by atoms with E-state index in [1.807, 2.05) is 5.87 Å². The second-order valence-electron chi connectivity index (χ2n) is 3.12. The van der Waals surface area contributed by atoms with Crippen LogP contribution >= 0.6 is 7.60 Å². The highest BCUT2D eigenvalue weighted by molar-refractivity contribution is 7.57. The molecule has 5 heteroatoms. The van der Waals surface area contributed by atoms with Gasteiger partial charge in [0, 0.05) is 0 Å². The van der Waals surface area contributed by atoms with Crippen LogP contribution in [0.2, 0.25) is 0 Å². The molecule has 0 saturated carbocycles. The van der Waals surface area contributed by atoms with E-state index in [4.69, 9.17) is 14.5 Å². The van der Waals surface area contributed by atoms with Gasteiger partial charge in [0.2, 0.25) is 0 Å². The largest absolute Gasteiger partial charge is 0.363 e. The molecule has 0 unspecified atom stereocenters. The molecule has 0 aromatic rings. The summed E-state index contributed by atoms with van der Waals surface area (Å²) in [5, 5.41) is 6.71. The summed E-state index contributed by atoms with van der Waals surface area (Å²) in [5.41, 5.74) is 0. The molecule has 0 radical (unpaired) electrons. The average molecular weight is 205 g/mol. The van der Waals surface area contributed by atoms with Crippen LogP contribution in [-0.2, 0) is 13.6 Å². The third-order valence-electron chi connectivity index (χ3n) is 0.938. The lowest BCUT2D eigenvalue weighted by Crippen LogP contribution is -2.06. The summed E-state index contributed by atoms with van der Waals surface area (Å²) in [6, 6.07) is 0. The summed E-state index contributed by atoms with van der Waals surface area (Å²) in [7, 11) is -3.26. The zero-order valence-electron chi connectivity index (χ0n) is 8.40. The standard InChI is InChI=1S/C8H16NO3P/c1-7(2)11-13(10,6-5-9)12-8(3)4/h6-9H,1-4H3. The van der Waals surface area contributed by atoms with Crippen LogP contribution in [0, 0.1) is 5.41 Å². The van der Waals surface area contributed by atoms with Crippen molar-refractivity contribution in [1.29, 1.82) is 5.41 Å². The Kier molecular flexibility index (Phi) is 5.19. The zero-order chi connectivity index (χ0) is 10.5. The highest BCUT2D eigenvalue weighted by Gasteiger charge is 2.24. The summed E-state index contributed by atoms with van der Waals surface area (Å²) >= 11 is 0. The smallest absolute Gasteiger partial charge is 0.302 e. The fourth-order valence-electron chi connectivity index (χ4n) is 0.752. The van der Waals surface area contributed by atoms with Crippen LogP contribution in [0.4, 0.5) is 0 Å². The Labute approximate surface area is 79.0 Å². The molecule has 1 N–H and O–H groups in total. The van der Waals surface area contributed by atoms with Gasteiger partial charge in [0.25, 0.3) is 0 Å². The first-order chi connectivity index (χ1) is 5.89. The number of rotatable bonds is 5. The molecule has 0 aliphatic rings. The molecule has 4 nitrogen and oxygen atoms in total. The van der Waals surface area contributed by atoms with E-state index < -0.39 is 7.60 Å². The van der Waals surface area contributed by atoms with Gasteiger partial charge in [0.05, 0.1) is 18.0 Å². The van der Waals surface area contributed by atoms with E-state index in [1.54, 1.807) is 27.7 Å². The number of nitrogens with one attached hydrogen (secondary N) is 1. The van der Waals surface area contributed by atoms with Crippen molar-refractivity contribution in [2.24, 2.45) is 0 Å². The van der Waals surface area contributed by atoms with Crippen molar-refractivity contribution in [2.75, 3.05) is 0 Å². The highest BCUT2D eigenvalue weighted by atomic mass is 31.2. The molecule has 0 atom stereocenters. The van der Waals surface area contributed by atoms with Crippen LogP contribution in [0.1, 0.15) is 27.7 Å². The summed E-state index contributed by atoms with van der Waals surface area (Å²) in [6.45, 7) is 7.03. The van der Waals surface area contributed by atoms with Gasteiger partial charge in [-0.15, -0.1) is 0 Å². The maximum Gasteiger partial charge on any atom is 0.363 e. The third-order valence-corrected chi connectivity index (χ3v) is 2.81. The molecular formula is C8H16NO3P. The van der Waals surface area contributed by atoms with Gasteiger partial charge >= 0.3 is 7.60 Å². The van der Waals surface area contributed by atoms with Crippen LogP contribution in [0.25, 0.3) is 0 Å². The summed E-state index contributed by atoms with van der Waals surface area (Å²) in [5.74, 6) is 2.97. The lowest BCUT2D eigenvalue weighted by molar-refractivity contribution is 0.149. The monoisotopic (exact) mass is 205 g/mol. The maximum absolute atomic E-state index is 11.8. The second-order valence-corrected chi connectivity index (χ2v) is 4.88. The molecule has 0 saturated heterocycles. The van der Waals surface area contributed by atoms with Gasteiger partial charge in [-0.1, -0.05) is 0 Å². The molecule has 76 valence electrons. The van der Waals surface area contributed by atoms with Crippen LogP contribution in [0.5, 0.6) is 0 Å². The molecule has 0 fully saturated rings. The fourth-order valence-corrected chi connectivity index (χ4v) is 2.26. The Bertz CT molecular complexity index is 230. The molecule has 0 bridgehead atoms. The fraction of sp³-hybridized carbons (Fsp3) is 0.750. The Balaban J connectivity index is 4.53. The van der Waals surface area contributed by atoms with Crippen LogP contribution in [-0.4, -0.2) is 18.1 Å². The van der Waals surface area contributed by atoms with Gasteiger partial charge in [-0.3, -0.25) is 9.97 Å². The van der Waals surface area contributed by atoms with Crippen molar-refractivity contribution in [2.45, 2.75) is 39.9 Å². The molecule has 0 spiro atoms. The number of hydrogen-bond acceptors (Lipinski definition) is 4. The second kappa shape index (κ2) is 5.36. The minimum Gasteiger partial charge on any atom is -0.302 e. The predicted octanol–water partition coefficient (Wildman–Crippen LogP) is 2.79. The molecule has 0 aromatic carbocycles. The molecule has 0 amide bonds. The predicted molar refractivity (Wildman–Crippen MR) is 52.3 cm³/mol. The summed E-state index contributed by atoms with van der Waals surface area (Å²) in [6.07, 6.45) is -0.400. The zero-order valence-corrected chi connectivity index (χ0v) is 9.30. The maximum atomic E-state index is 11.8. The van der Waals surface area contributed by atoms with E-state index in [0.717, 1.165) is 5.82 Å². The number of hydrogen-bond donors (Lipinski definition) is 1. The molecule has 0 aromatic heterocycles. The normalized spacial score (nSPS) is 11.8. The van der Waals surface area contributed by atoms with E-state index >= 15 is 0 Å². The van der Waals surface area contributed by atoms with Crippen molar-refractivity contribution in [3.05, 3.63) is 5.82 Å². The first-order valence-electron chi connectivity index (χ1n) is 4.13. The van der Waals surface area contributed by atoms with Crippen molar-refractivity contribution in [3.8, 4) is 0 Å². The third kappa shape index (κ3) is 5.78. The van der Waals surface area contributed by atoms with E-state index in [2.05, 4.69) is 0 Å². The van der Waals surface area contributed by atoms with E-state index in [-0.39, 0.29) is 12.2 Å². The topological polar surface area (TPSA) is 59.4 Å². The van der Waals surface area contributed by atoms with Crippen molar-refractivity contribution < 1.29 is 13.6 Å². The Morgan fingerprint density at radius 1 is 1.23 bits per heavy atom. The first-order valence-corrected chi connectivity index (χ1v) is 5.74. The lowest BCUT2D eigenvalue weighted by atomic mass is 10.5. The van der Waals surface area contributed by atoms with Gasteiger partial charge in [0.1, 0.15) is 0 Å². The van der Waals surface area contributed by atoms with Gasteiger partial charge in [-0.05, 0) is 33.6 Å². The summed E-state index contributed by atoms with van der Waals surface area (Å²) < 4.78 is 21.9. The van der Waals surface area contributed by atoms with E-state index in [0.29, 0.717) is 0 Å². The minimum absolute atomic E-state index is 0.200. The van der Waals surface area contributed by atoms with E-state index in [1.165, 1.54) is 0 Å². The van der Waals surface area contributed by atoms with Crippen LogP contribution in [0.15, 0.2) is 5.82 Å². The highest BCUT2D eigenvalue weighted by Crippen LogP contribution is 2.51. The Hall–Kier alpha value is -0.400. The van der Waals surface area contributed by atoms with Gasteiger partial charge < -0.3 is 9.05 Å². The van der Waals surface area contributed by atoms with Crippen molar-refractivity contribution in [1.82, 2.24) is 0 Å². The average Bonchev–Trinajstić information content (AvgIpc) is 1.81.